The van der Waals surface area contributed by atoms with Crippen LogP contribution in [0.1, 0.15) is 17.5 Å². The molecule has 0 radical (unpaired) electrons. The summed E-state index contributed by atoms with van der Waals surface area (Å²) in [6.45, 7) is 0.0598. The number of amides is 1. The van der Waals surface area contributed by atoms with Crippen LogP contribution in [-0.4, -0.2) is 24.5 Å². The van der Waals surface area contributed by atoms with Gasteiger partial charge in [-0.25, -0.2) is 9.59 Å². The molecular weight excluding hydrogens is 400 g/mol. The second kappa shape index (κ2) is 7.02. The molecule has 0 bridgehead atoms. The third-order valence-corrected chi connectivity index (χ3v) is 5.61. The van der Waals surface area contributed by atoms with Gasteiger partial charge in [0.05, 0.1) is 6.61 Å². The number of anilines is 1. The molecule has 0 aliphatic carbocycles. The van der Waals surface area contributed by atoms with E-state index in [1.54, 1.807) is 36.4 Å². The number of esters is 2. The maximum Gasteiger partial charge on any atom is 0.341 e. The molecule has 1 amide bonds. The third-order valence-electron chi connectivity index (χ3n) is 5.61. The fourth-order valence-electron chi connectivity index (χ4n) is 4.31. The van der Waals surface area contributed by atoms with Gasteiger partial charge in [0.2, 0.25) is 11.8 Å². The summed E-state index contributed by atoms with van der Waals surface area (Å²) in [5, 5.41) is 2.76. The van der Waals surface area contributed by atoms with Crippen LogP contribution in [0.2, 0.25) is 0 Å². The first-order valence-corrected chi connectivity index (χ1v) is 9.74. The van der Waals surface area contributed by atoms with Crippen molar-refractivity contribution in [2.45, 2.75) is 18.4 Å². The summed E-state index contributed by atoms with van der Waals surface area (Å²) < 4.78 is 16.4. The van der Waals surface area contributed by atoms with E-state index in [-0.39, 0.29) is 42.4 Å². The van der Waals surface area contributed by atoms with Crippen LogP contribution in [0.3, 0.4) is 0 Å². The largest absolute Gasteiger partial charge is 0.462 e. The molecule has 2 aromatic rings. The fraction of sp³-hybridized carbons (Fsp3) is 0.174. The number of benzene rings is 2. The Morgan fingerprint density at radius 1 is 1.10 bits per heavy atom. The van der Waals surface area contributed by atoms with E-state index in [1.807, 2.05) is 18.2 Å². The number of carbonyl (C=O) groups is 3. The average Bonchev–Trinajstić information content (AvgIpc) is 3.05. The first-order chi connectivity index (χ1) is 15.0. The first kappa shape index (κ1) is 18.9. The topological polar surface area (TPSA) is 117 Å². The van der Waals surface area contributed by atoms with Gasteiger partial charge >= 0.3 is 11.9 Å². The Morgan fingerprint density at radius 3 is 2.65 bits per heavy atom. The highest BCUT2D eigenvalue weighted by Gasteiger charge is 2.62. The van der Waals surface area contributed by atoms with Crippen LogP contribution >= 0.6 is 0 Å². The molecule has 31 heavy (non-hydrogen) atoms. The Morgan fingerprint density at radius 2 is 1.84 bits per heavy atom. The van der Waals surface area contributed by atoms with Crippen molar-refractivity contribution in [2.24, 2.45) is 5.73 Å². The van der Waals surface area contributed by atoms with Crippen LogP contribution < -0.4 is 11.1 Å². The van der Waals surface area contributed by atoms with Crippen LogP contribution in [0, 0.1) is 0 Å². The average molecular weight is 418 g/mol. The lowest BCUT2D eigenvalue weighted by Gasteiger charge is -2.37. The van der Waals surface area contributed by atoms with Gasteiger partial charge in [0.25, 0.3) is 0 Å². The van der Waals surface area contributed by atoms with E-state index in [9.17, 15) is 14.4 Å². The van der Waals surface area contributed by atoms with Crippen LogP contribution in [0.5, 0.6) is 0 Å². The van der Waals surface area contributed by atoms with Crippen LogP contribution in [0.15, 0.2) is 77.4 Å². The summed E-state index contributed by atoms with van der Waals surface area (Å²) in [6, 6.07) is 15.9. The lowest BCUT2D eigenvalue weighted by Crippen LogP contribution is -2.49. The lowest BCUT2D eigenvalue weighted by atomic mass is 9.67. The molecule has 8 heteroatoms. The molecule has 0 fully saturated rings. The molecular formula is C23H18N2O6. The van der Waals surface area contributed by atoms with Crippen molar-refractivity contribution in [1.82, 2.24) is 0 Å². The second-order valence-corrected chi connectivity index (χ2v) is 7.34. The normalized spacial score (nSPS) is 21.8. The maximum atomic E-state index is 13.4. The molecule has 3 heterocycles. The van der Waals surface area contributed by atoms with Crippen LogP contribution in [0.4, 0.5) is 5.69 Å². The highest BCUT2D eigenvalue weighted by Crippen LogP contribution is 2.53. The zero-order valence-electron chi connectivity index (χ0n) is 16.3. The Bertz CT molecular complexity index is 1180. The predicted molar refractivity (Wildman–Crippen MR) is 108 cm³/mol. The number of para-hydroxylation sites is 1. The Balaban J connectivity index is 1.66. The van der Waals surface area contributed by atoms with Gasteiger partial charge in [-0.05, 0) is 11.6 Å². The third kappa shape index (κ3) is 2.72. The van der Waals surface area contributed by atoms with E-state index in [2.05, 4.69) is 5.32 Å². The number of cyclic esters (lactones) is 1. The molecule has 3 aliphatic heterocycles. The minimum atomic E-state index is -1.81. The van der Waals surface area contributed by atoms with E-state index in [4.69, 9.17) is 19.9 Å². The summed E-state index contributed by atoms with van der Waals surface area (Å²) in [4.78, 5) is 39.6. The van der Waals surface area contributed by atoms with Gasteiger partial charge in [0.1, 0.15) is 28.9 Å². The van der Waals surface area contributed by atoms with Crippen molar-refractivity contribution >= 4 is 23.5 Å². The monoisotopic (exact) mass is 418 g/mol. The molecule has 156 valence electrons. The van der Waals surface area contributed by atoms with Crippen molar-refractivity contribution in [3.63, 3.8) is 0 Å². The Kier molecular flexibility index (Phi) is 4.28. The lowest BCUT2D eigenvalue weighted by molar-refractivity contribution is -0.145. The molecule has 0 saturated heterocycles. The standard InChI is InChI=1S/C23H18N2O6/c24-19-18(21(27)30-12-13-6-2-1-3-7-13)23(17-16(31-19)10-11-29-20(17)26)14-8-4-5-9-15(14)25-22(23)28/h1-9H,10-12,24H2,(H,25,28)/t23-/m1/s1. The van der Waals surface area contributed by atoms with E-state index in [1.165, 1.54) is 0 Å². The smallest absolute Gasteiger partial charge is 0.341 e. The van der Waals surface area contributed by atoms with Gasteiger partial charge in [-0.3, -0.25) is 4.79 Å². The van der Waals surface area contributed by atoms with E-state index in [0.717, 1.165) is 5.56 Å². The number of nitrogens with two attached hydrogens (primary N) is 1. The van der Waals surface area contributed by atoms with E-state index >= 15 is 0 Å². The van der Waals surface area contributed by atoms with Crippen molar-refractivity contribution < 1.29 is 28.6 Å². The van der Waals surface area contributed by atoms with Gasteiger partial charge in [-0.15, -0.1) is 0 Å². The maximum absolute atomic E-state index is 13.4. The molecule has 3 N–H and O–H groups in total. The molecule has 5 rings (SSSR count). The van der Waals surface area contributed by atoms with Crippen molar-refractivity contribution in [1.29, 1.82) is 0 Å². The van der Waals surface area contributed by atoms with Gasteiger partial charge < -0.3 is 25.3 Å². The number of ether oxygens (including phenoxy) is 3. The molecule has 0 saturated carbocycles. The number of hydrogen-bond acceptors (Lipinski definition) is 7. The minimum Gasteiger partial charge on any atom is -0.462 e. The summed E-state index contributed by atoms with van der Waals surface area (Å²) >= 11 is 0. The minimum absolute atomic E-state index is 0.0356. The summed E-state index contributed by atoms with van der Waals surface area (Å²) in [6.07, 6.45) is 0.241. The highest BCUT2D eigenvalue weighted by atomic mass is 16.6. The van der Waals surface area contributed by atoms with E-state index < -0.39 is 23.3 Å². The molecule has 3 aliphatic rings. The van der Waals surface area contributed by atoms with Gasteiger partial charge in [0.15, 0.2) is 0 Å². The SMILES string of the molecule is NC1=C(C(=O)OCc2ccccc2)[C@]2(C(=O)Nc3ccccc32)C2=C(CCOC2=O)O1. The number of fused-ring (bicyclic) bond motifs is 3. The number of nitrogens with one attached hydrogen (secondary N) is 1. The first-order valence-electron chi connectivity index (χ1n) is 9.74. The van der Waals surface area contributed by atoms with Gasteiger partial charge in [-0.2, -0.15) is 0 Å². The quantitative estimate of drug-likeness (QED) is 0.733. The molecule has 2 aromatic carbocycles. The Hall–Kier alpha value is -4.07. The highest BCUT2D eigenvalue weighted by molar-refractivity contribution is 6.21. The van der Waals surface area contributed by atoms with Gasteiger partial charge in [-0.1, -0.05) is 48.5 Å². The molecule has 0 unspecified atom stereocenters. The molecule has 8 nitrogen and oxygen atoms in total. The number of rotatable bonds is 3. The Labute approximate surface area is 177 Å². The van der Waals surface area contributed by atoms with Crippen LogP contribution in [-0.2, 0) is 40.6 Å². The summed E-state index contributed by atoms with van der Waals surface area (Å²) in [5.41, 5.74) is 5.74. The summed E-state index contributed by atoms with van der Waals surface area (Å²) in [7, 11) is 0. The summed E-state index contributed by atoms with van der Waals surface area (Å²) in [5.74, 6) is -2.20. The molecule has 1 spiro atoms. The second-order valence-electron chi connectivity index (χ2n) is 7.34. The van der Waals surface area contributed by atoms with E-state index in [0.29, 0.717) is 11.3 Å². The van der Waals surface area contributed by atoms with Gasteiger partial charge in [0, 0.05) is 17.7 Å². The molecule has 0 aromatic heterocycles. The van der Waals surface area contributed by atoms with Crippen molar-refractivity contribution in [3.8, 4) is 0 Å². The number of carbonyl (C=O) groups excluding carboxylic acids is 3. The predicted octanol–water partition coefficient (Wildman–Crippen LogP) is 2.02. The van der Waals surface area contributed by atoms with Crippen LogP contribution in [0.25, 0.3) is 0 Å². The zero-order chi connectivity index (χ0) is 21.6. The molecule has 1 atom stereocenters. The fourth-order valence-corrected chi connectivity index (χ4v) is 4.31. The van der Waals surface area contributed by atoms with Crippen molar-refractivity contribution in [3.05, 3.63) is 88.5 Å². The van der Waals surface area contributed by atoms with Crippen molar-refractivity contribution in [2.75, 3.05) is 11.9 Å². The number of hydrogen-bond donors (Lipinski definition) is 2. The zero-order valence-corrected chi connectivity index (χ0v) is 16.3.